The summed E-state index contributed by atoms with van der Waals surface area (Å²) in [4.78, 5) is 20.6. The highest BCUT2D eigenvalue weighted by Gasteiger charge is 2.30. The zero-order valence-corrected chi connectivity index (χ0v) is 10.3. The molecule has 0 spiro atoms. The summed E-state index contributed by atoms with van der Waals surface area (Å²) in [5.74, 6) is 0.0599. The molecule has 0 saturated carbocycles. The molecule has 2 rings (SSSR count). The van der Waals surface area contributed by atoms with Gasteiger partial charge in [0.25, 0.3) is 0 Å². The largest absolute Gasteiger partial charge is 0.398 e. The quantitative estimate of drug-likeness (QED) is 0.735. The molecule has 0 bridgehead atoms. The van der Waals surface area contributed by atoms with Crippen LogP contribution in [0.2, 0.25) is 0 Å². The molecule has 1 aliphatic rings. The first kappa shape index (κ1) is 12.0. The van der Waals surface area contributed by atoms with E-state index in [0.29, 0.717) is 11.3 Å². The summed E-state index contributed by atoms with van der Waals surface area (Å²) in [6, 6.07) is 1.54. The van der Waals surface area contributed by atoms with Crippen molar-refractivity contribution >= 4 is 11.5 Å². The topological polar surface area (TPSA) is 62.5 Å². The van der Waals surface area contributed by atoms with Gasteiger partial charge in [0.05, 0.1) is 11.6 Å². The van der Waals surface area contributed by atoms with Gasteiger partial charge < -0.3 is 10.6 Å². The number of likely N-dealkylation sites (N-methyl/N-ethyl adjacent to an activating group) is 2. The number of anilines is 1. The first-order chi connectivity index (χ1) is 8.09. The van der Waals surface area contributed by atoms with E-state index in [2.05, 4.69) is 14.8 Å². The van der Waals surface area contributed by atoms with E-state index in [1.165, 1.54) is 0 Å². The fourth-order valence-corrected chi connectivity index (χ4v) is 2.08. The van der Waals surface area contributed by atoms with E-state index in [-0.39, 0.29) is 11.8 Å². The van der Waals surface area contributed by atoms with E-state index >= 15 is 0 Å². The van der Waals surface area contributed by atoms with E-state index in [1.807, 2.05) is 14.1 Å². The maximum absolute atomic E-state index is 12.4. The molecule has 5 nitrogen and oxygen atoms in total. The third-order valence-corrected chi connectivity index (χ3v) is 3.27. The van der Waals surface area contributed by atoms with Crippen LogP contribution < -0.4 is 5.73 Å². The molecule has 1 aliphatic heterocycles. The van der Waals surface area contributed by atoms with E-state index in [0.717, 1.165) is 19.6 Å². The second kappa shape index (κ2) is 4.81. The summed E-state index contributed by atoms with van der Waals surface area (Å²) in [6.07, 6.45) is 3.16. The molecule has 92 valence electrons. The number of carbonyl (C=O) groups is 1. The van der Waals surface area contributed by atoms with Gasteiger partial charge in [-0.3, -0.25) is 14.7 Å². The summed E-state index contributed by atoms with van der Waals surface area (Å²) < 4.78 is 0. The molecule has 1 unspecified atom stereocenters. The highest BCUT2D eigenvalue weighted by molar-refractivity contribution is 6.04. The average molecular weight is 234 g/mol. The van der Waals surface area contributed by atoms with Crippen LogP contribution in [0.1, 0.15) is 10.4 Å². The number of nitrogens with two attached hydrogens (primary N) is 1. The number of nitrogen functional groups attached to an aromatic ring is 1. The van der Waals surface area contributed by atoms with Crippen LogP contribution in [-0.4, -0.2) is 60.3 Å². The van der Waals surface area contributed by atoms with Crippen molar-refractivity contribution < 1.29 is 4.79 Å². The van der Waals surface area contributed by atoms with Crippen molar-refractivity contribution in [1.82, 2.24) is 14.8 Å². The van der Waals surface area contributed by atoms with Gasteiger partial charge in [0, 0.05) is 37.7 Å². The number of hydrogen-bond donors (Lipinski definition) is 1. The highest BCUT2D eigenvalue weighted by atomic mass is 16.1. The molecule has 5 heteroatoms. The molecule has 17 heavy (non-hydrogen) atoms. The molecule has 2 N–H and O–H groups in total. The molecule has 0 amide bonds. The number of pyridine rings is 1. The van der Waals surface area contributed by atoms with Crippen LogP contribution in [0.4, 0.5) is 5.69 Å². The second-order valence-electron chi connectivity index (χ2n) is 4.59. The van der Waals surface area contributed by atoms with Crippen LogP contribution in [-0.2, 0) is 0 Å². The monoisotopic (exact) mass is 234 g/mol. The minimum absolute atomic E-state index is 0.0599. The van der Waals surface area contributed by atoms with Crippen LogP contribution in [0.3, 0.4) is 0 Å². The standard InChI is InChI=1S/C12H18N4O/c1-15-5-6-16(2)11(8-15)12(17)9-7-14-4-3-10(9)13/h3-4,7,11H,5-6,8H2,1-2H3,(H2,13,14). The minimum Gasteiger partial charge on any atom is -0.398 e. The van der Waals surface area contributed by atoms with Crippen molar-refractivity contribution in [2.24, 2.45) is 0 Å². The third kappa shape index (κ3) is 2.45. The lowest BCUT2D eigenvalue weighted by molar-refractivity contribution is 0.0687. The number of ketones is 1. The fraction of sp³-hybridized carbons (Fsp3) is 0.500. The van der Waals surface area contributed by atoms with Crippen LogP contribution in [0.25, 0.3) is 0 Å². The Balaban J connectivity index is 2.22. The number of rotatable bonds is 2. The molecule has 1 saturated heterocycles. The summed E-state index contributed by atoms with van der Waals surface area (Å²) in [6.45, 7) is 2.62. The molecule has 1 fully saturated rings. The Morgan fingerprint density at radius 3 is 2.94 bits per heavy atom. The highest BCUT2D eigenvalue weighted by Crippen LogP contribution is 2.16. The molecule has 0 aromatic carbocycles. The van der Waals surface area contributed by atoms with E-state index in [9.17, 15) is 4.79 Å². The lowest BCUT2D eigenvalue weighted by atomic mass is 10.0. The Labute approximate surface area is 101 Å². The van der Waals surface area contributed by atoms with Crippen molar-refractivity contribution in [3.63, 3.8) is 0 Å². The van der Waals surface area contributed by atoms with Crippen molar-refractivity contribution in [3.05, 3.63) is 24.0 Å². The fourth-order valence-electron chi connectivity index (χ4n) is 2.08. The molecule has 1 aromatic rings. The Bertz CT molecular complexity index is 421. The van der Waals surface area contributed by atoms with Crippen LogP contribution in [0, 0.1) is 0 Å². The number of nitrogens with zero attached hydrogens (tertiary/aromatic N) is 3. The second-order valence-corrected chi connectivity index (χ2v) is 4.59. The molecule has 1 aromatic heterocycles. The summed E-state index contributed by atoms with van der Waals surface area (Å²) in [7, 11) is 4.00. The van der Waals surface area contributed by atoms with Crippen molar-refractivity contribution in [1.29, 1.82) is 0 Å². The Morgan fingerprint density at radius 2 is 2.24 bits per heavy atom. The number of aromatic nitrogens is 1. The van der Waals surface area contributed by atoms with E-state index < -0.39 is 0 Å². The Morgan fingerprint density at radius 1 is 1.47 bits per heavy atom. The number of carbonyl (C=O) groups excluding carboxylic acids is 1. The summed E-state index contributed by atoms with van der Waals surface area (Å²) >= 11 is 0. The van der Waals surface area contributed by atoms with E-state index in [1.54, 1.807) is 18.5 Å². The summed E-state index contributed by atoms with van der Waals surface area (Å²) in [5.41, 5.74) is 6.85. The maximum Gasteiger partial charge on any atom is 0.184 e. The zero-order valence-electron chi connectivity index (χ0n) is 10.3. The minimum atomic E-state index is -0.125. The van der Waals surface area contributed by atoms with Gasteiger partial charge in [-0.1, -0.05) is 0 Å². The lowest BCUT2D eigenvalue weighted by Gasteiger charge is -2.36. The van der Waals surface area contributed by atoms with Crippen molar-refractivity contribution in [2.75, 3.05) is 39.5 Å². The average Bonchev–Trinajstić information content (AvgIpc) is 2.32. The molecular weight excluding hydrogens is 216 g/mol. The van der Waals surface area contributed by atoms with Crippen LogP contribution in [0.15, 0.2) is 18.5 Å². The van der Waals surface area contributed by atoms with E-state index in [4.69, 9.17) is 5.73 Å². The molecule has 0 radical (unpaired) electrons. The van der Waals surface area contributed by atoms with Gasteiger partial charge in [0.15, 0.2) is 5.78 Å². The van der Waals surface area contributed by atoms with Gasteiger partial charge in [-0.05, 0) is 20.2 Å². The van der Waals surface area contributed by atoms with Crippen LogP contribution >= 0.6 is 0 Å². The van der Waals surface area contributed by atoms with Gasteiger partial charge in [-0.15, -0.1) is 0 Å². The molecule has 1 atom stereocenters. The number of Topliss-reactive ketones (excluding diaryl/α,β-unsaturated/α-hetero) is 1. The van der Waals surface area contributed by atoms with Gasteiger partial charge >= 0.3 is 0 Å². The maximum atomic E-state index is 12.4. The predicted octanol–water partition coefficient (Wildman–Crippen LogP) is 0.0923. The molecule has 0 aliphatic carbocycles. The zero-order chi connectivity index (χ0) is 12.4. The number of hydrogen-bond acceptors (Lipinski definition) is 5. The Kier molecular flexibility index (Phi) is 3.40. The van der Waals surface area contributed by atoms with Crippen molar-refractivity contribution in [3.8, 4) is 0 Å². The first-order valence-corrected chi connectivity index (χ1v) is 5.72. The van der Waals surface area contributed by atoms with Gasteiger partial charge in [-0.2, -0.15) is 0 Å². The first-order valence-electron chi connectivity index (χ1n) is 5.72. The third-order valence-electron chi connectivity index (χ3n) is 3.27. The van der Waals surface area contributed by atoms with Gasteiger partial charge in [0.2, 0.25) is 0 Å². The van der Waals surface area contributed by atoms with Crippen LogP contribution in [0.5, 0.6) is 0 Å². The molecular formula is C12H18N4O. The van der Waals surface area contributed by atoms with Gasteiger partial charge in [-0.25, -0.2) is 0 Å². The smallest absolute Gasteiger partial charge is 0.184 e. The number of piperazine rings is 1. The Hall–Kier alpha value is -1.46. The lowest BCUT2D eigenvalue weighted by Crippen LogP contribution is -2.53. The van der Waals surface area contributed by atoms with Gasteiger partial charge in [0.1, 0.15) is 0 Å². The van der Waals surface area contributed by atoms with Crippen molar-refractivity contribution in [2.45, 2.75) is 6.04 Å². The summed E-state index contributed by atoms with van der Waals surface area (Å²) in [5, 5.41) is 0. The predicted molar refractivity (Wildman–Crippen MR) is 66.9 cm³/mol. The SMILES string of the molecule is CN1CCN(C)C(C(=O)c2cnccc2N)C1. The molecule has 2 heterocycles. The normalized spacial score (nSPS) is 22.6.